The first-order valence-corrected chi connectivity index (χ1v) is 10.3. The molecule has 0 saturated carbocycles. The second kappa shape index (κ2) is 12.4. The average molecular weight is 311 g/mol. The highest BCUT2D eigenvalue weighted by Crippen LogP contribution is 2.36. The Morgan fingerprint density at radius 3 is 1.73 bits per heavy atom. The molecule has 134 valence electrons. The molecule has 0 heterocycles. The normalized spacial score (nSPS) is 16.5. The predicted molar refractivity (Wildman–Crippen MR) is 103 cm³/mol. The van der Waals surface area contributed by atoms with Crippen molar-refractivity contribution in [2.75, 3.05) is 0 Å². The molecule has 0 amide bonds. The average Bonchev–Trinajstić information content (AvgIpc) is 2.45. The van der Waals surface area contributed by atoms with Crippen LogP contribution < -0.4 is 0 Å². The standard InChI is InChI=1S/C22H46/c1-8-10-11-12-15-20(4)16-13-14-17-21(22(5,6)7)18-19(3)9-2/h19-21H,8-18H2,1-7H3. The maximum Gasteiger partial charge on any atom is -0.0354 e. The van der Waals surface area contributed by atoms with Crippen LogP contribution >= 0.6 is 0 Å². The number of hydrogen-bond donors (Lipinski definition) is 0. The topological polar surface area (TPSA) is 0 Å². The fraction of sp³-hybridized carbons (Fsp3) is 1.00. The maximum atomic E-state index is 2.46. The van der Waals surface area contributed by atoms with E-state index in [9.17, 15) is 0 Å². The summed E-state index contributed by atoms with van der Waals surface area (Å²) in [7, 11) is 0. The van der Waals surface area contributed by atoms with Crippen LogP contribution in [-0.2, 0) is 0 Å². The summed E-state index contributed by atoms with van der Waals surface area (Å²) in [6.07, 6.45) is 15.7. The Balaban J connectivity index is 3.88. The maximum absolute atomic E-state index is 2.46. The van der Waals surface area contributed by atoms with Gasteiger partial charge < -0.3 is 0 Å². The van der Waals surface area contributed by atoms with Crippen LogP contribution in [0.5, 0.6) is 0 Å². The van der Waals surface area contributed by atoms with Crippen molar-refractivity contribution in [2.24, 2.45) is 23.2 Å². The summed E-state index contributed by atoms with van der Waals surface area (Å²) in [5.41, 5.74) is 0.481. The van der Waals surface area contributed by atoms with Crippen LogP contribution in [0.15, 0.2) is 0 Å². The van der Waals surface area contributed by atoms with Crippen molar-refractivity contribution in [1.29, 1.82) is 0 Å². The molecule has 3 unspecified atom stereocenters. The number of unbranched alkanes of at least 4 members (excludes halogenated alkanes) is 4. The second-order valence-corrected chi connectivity index (χ2v) is 9.05. The molecule has 0 nitrogen and oxygen atoms in total. The second-order valence-electron chi connectivity index (χ2n) is 9.05. The summed E-state index contributed by atoms with van der Waals surface area (Å²) in [6, 6.07) is 0. The summed E-state index contributed by atoms with van der Waals surface area (Å²) < 4.78 is 0. The Hall–Kier alpha value is 0. The Morgan fingerprint density at radius 1 is 0.682 bits per heavy atom. The third-order valence-corrected chi connectivity index (χ3v) is 5.66. The first-order chi connectivity index (χ1) is 10.3. The van der Waals surface area contributed by atoms with Crippen molar-refractivity contribution >= 4 is 0 Å². The smallest absolute Gasteiger partial charge is 0.0354 e. The Bertz CT molecular complexity index is 235. The summed E-state index contributed by atoms with van der Waals surface area (Å²) >= 11 is 0. The molecule has 0 aliphatic rings. The highest BCUT2D eigenvalue weighted by Gasteiger charge is 2.25. The van der Waals surface area contributed by atoms with E-state index < -0.39 is 0 Å². The van der Waals surface area contributed by atoms with Crippen LogP contribution in [0, 0.1) is 23.2 Å². The quantitative estimate of drug-likeness (QED) is 0.300. The van der Waals surface area contributed by atoms with Gasteiger partial charge in [-0.05, 0) is 36.0 Å². The van der Waals surface area contributed by atoms with Crippen molar-refractivity contribution in [2.45, 2.75) is 119 Å². The van der Waals surface area contributed by atoms with Gasteiger partial charge in [-0.25, -0.2) is 0 Å². The molecule has 22 heavy (non-hydrogen) atoms. The molecule has 0 N–H and O–H groups in total. The molecular formula is C22H46. The van der Waals surface area contributed by atoms with Gasteiger partial charge in [-0.1, -0.05) is 106 Å². The van der Waals surface area contributed by atoms with E-state index in [2.05, 4.69) is 48.5 Å². The first kappa shape index (κ1) is 22.0. The zero-order valence-electron chi connectivity index (χ0n) is 17.0. The Kier molecular flexibility index (Phi) is 12.4. The molecule has 0 fully saturated rings. The Morgan fingerprint density at radius 2 is 1.23 bits per heavy atom. The van der Waals surface area contributed by atoms with E-state index in [1.54, 1.807) is 0 Å². The van der Waals surface area contributed by atoms with E-state index in [4.69, 9.17) is 0 Å². The zero-order valence-corrected chi connectivity index (χ0v) is 17.0. The molecule has 0 saturated heterocycles. The third kappa shape index (κ3) is 11.6. The minimum atomic E-state index is 0.481. The highest BCUT2D eigenvalue weighted by molar-refractivity contribution is 4.76. The molecule has 0 aromatic carbocycles. The van der Waals surface area contributed by atoms with Crippen LogP contribution in [0.2, 0.25) is 0 Å². The lowest BCUT2D eigenvalue weighted by Gasteiger charge is -2.33. The fourth-order valence-electron chi connectivity index (χ4n) is 3.50. The van der Waals surface area contributed by atoms with Gasteiger partial charge in [-0.3, -0.25) is 0 Å². The van der Waals surface area contributed by atoms with Crippen LogP contribution in [0.4, 0.5) is 0 Å². The van der Waals surface area contributed by atoms with Gasteiger partial charge in [0, 0.05) is 0 Å². The molecule has 0 heteroatoms. The molecular weight excluding hydrogens is 264 g/mol. The summed E-state index contributed by atoms with van der Waals surface area (Å²) in [5.74, 6) is 2.74. The van der Waals surface area contributed by atoms with Gasteiger partial charge >= 0.3 is 0 Å². The Labute approximate surface area is 142 Å². The van der Waals surface area contributed by atoms with Gasteiger partial charge in [-0.15, -0.1) is 0 Å². The van der Waals surface area contributed by atoms with Gasteiger partial charge in [0.15, 0.2) is 0 Å². The van der Waals surface area contributed by atoms with Crippen LogP contribution in [0.25, 0.3) is 0 Å². The van der Waals surface area contributed by atoms with Gasteiger partial charge in [0.25, 0.3) is 0 Å². The lowest BCUT2D eigenvalue weighted by molar-refractivity contribution is 0.180. The van der Waals surface area contributed by atoms with Crippen molar-refractivity contribution < 1.29 is 0 Å². The van der Waals surface area contributed by atoms with E-state index in [1.165, 1.54) is 70.6 Å². The SMILES string of the molecule is CCCCCCC(C)CCCCC(CC(C)CC)C(C)(C)C. The largest absolute Gasteiger partial charge is 0.0654 e. The van der Waals surface area contributed by atoms with E-state index >= 15 is 0 Å². The van der Waals surface area contributed by atoms with Crippen LogP contribution in [0.1, 0.15) is 119 Å². The lowest BCUT2D eigenvalue weighted by Crippen LogP contribution is -2.22. The molecule has 0 aliphatic carbocycles. The van der Waals surface area contributed by atoms with Gasteiger partial charge in [0.05, 0.1) is 0 Å². The number of hydrogen-bond acceptors (Lipinski definition) is 0. The summed E-state index contributed by atoms with van der Waals surface area (Å²) in [5, 5.41) is 0. The molecule has 0 aromatic rings. The van der Waals surface area contributed by atoms with E-state index in [0.29, 0.717) is 5.41 Å². The van der Waals surface area contributed by atoms with Gasteiger partial charge in [-0.2, -0.15) is 0 Å². The van der Waals surface area contributed by atoms with Gasteiger partial charge in [0.2, 0.25) is 0 Å². The fourth-order valence-corrected chi connectivity index (χ4v) is 3.50. The highest BCUT2D eigenvalue weighted by atomic mass is 14.3. The van der Waals surface area contributed by atoms with Crippen LogP contribution in [0.3, 0.4) is 0 Å². The molecule has 0 aliphatic heterocycles. The molecule has 0 rings (SSSR count). The molecule has 0 spiro atoms. The third-order valence-electron chi connectivity index (χ3n) is 5.66. The summed E-state index contributed by atoms with van der Waals surface area (Å²) in [6.45, 7) is 16.9. The van der Waals surface area contributed by atoms with E-state index in [1.807, 2.05) is 0 Å². The number of rotatable bonds is 13. The van der Waals surface area contributed by atoms with E-state index in [0.717, 1.165) is 17.8 Å². The summed E-state index contributed by atoms with van der Waals surface area (Å²) in [4.78, 5) is 0. The van der Waals surface area contributed by atoms with Crippen molar-refractivity contribution in [3.63, 3.8) is 0 Å². The lowest BCUT2D eigenvalue weighted by atomic mass is 9.73. The monoisotopic (exact) mass is 310 g/mol. The van der Waals surface area contributed by atoms with Crippen LogP contribution in [-0.4, -0.2) is 0 Å². The molecule has 0 bridgehead atoms. The molecule has 0 radical (unpaired) electrons. The zero-order chi connectivity index (χ0) is 17.0. The minimum Gasteiger partial charge on any atom is -0.0654 e. The molecule has 3 atom stereocenters. The van der Waals surface area contributed by atoms with Crippen molar-refractivity contribution in [3.8, 4) is 0 Å². The molecule has 0 aromatic heterocycles. The van der Waals surface area contributed by atoms with Gasteiger partial charge in [0.1, 0.15) is 0 Å². The van der Waals surface area contributed by atoms with Crippen molar-refractivity contribution in [1.82, 2.24) is 0 Å². The predicted octanol–water partition coefficient (Wildman–Crippen LogP) is 8.25. The first-order valence-electron chi connectivity index (χ1n) is 10.3. The van der Waals surface area contributed by atoms with E-state index in [-0.39, 0.29) is 0 Å². The minimum absolute atomic E-state index is 0.481. The van der Waals surface area contributed by atoms with Crippen molar-refractivity contribution in [3.05, 3.63) is 0 Å².